The van der Waals surface area contributed by atoms with Crippen molar-refractivity contribution in [3.8, 4) is 0 Å². The number of thiol groups is 1. The molecule has 0 unspecified atom stereocenters. The van der Waals surface area contributed by atoms with E-state index in [4.69, 9.17) is 0 Å². The van der Waals surface area contributed by atoms with Crippen molar-refractivity contribution in [2.75, 3.05) is 36.9 Å². The molecule has 0 heterocycles. The molecule has 0 rings (SSSR count). The molecular weight excluding hydrogens is 222 g/mol. The molecule has 0 saturated heterocycles. The van der Waals surface area contributed by atoms with Gasteiger partial charge in [-0.2, -0.15) is 24.4 Å². The van der Waals surface area contributed by atoms with Crippen molar-refractivity contribution in [3.05, 3.63) is 0 Å². The van der Waals surface area contributed by atoms with Crippen LogP contribution in [0.15, 0.2) is 0 Å². The van der Waals surface area contributed by atoms with Gasteiger partial charge in [0.05, 0.1) is 0 Å². The Balaban J connectivity index is 3.04. The lowest BCUT2D eigenvalue weighted by Gasteiger charge is -2.17. The van der Waals surface area contributed by atoms with Crippen LogP contribution in [0.1, 0.15) is 39.5 Å². The Hall–Kier alpha value is 0.660. The van der Waals surface area contributed by atoms with Crippen LogP contribution in [0.5, 0.6) is 0 Å². The lowest BCUT2D eigenvalue weighted by Crippen LogP contribution is -2.25. The average molecular weight is 249 g/mol. The van der Waals surface area contributed by atoms with Gasteiger partial charge in [0.25, 0.3) is 0 Å². The Labute approximate surface area is 106 Å². The smallest absolute Gasteiger partial charge is 0.00721 e. The van der Waals surface area contributed by atoms with Crippen LogP contribution in [0.4, 0.5) is 0 Å². The summed E-state index contributed by atoms with van der Waals surface area (Å²) >= 11 is 6.32. The Morgan fingerprint density at radius 1 is 0.933 bits per heavy atom. The van der Waals surface area contributed by atoms with E-state index in [1.165, 1.54) is 56.8 Å². The molecule has 92 valence electrons. The highest BCUT2D eigenvalue weighted by molar-refractivity contribution is 7.99. The molecule has 0 aliphatic heterocycles. The van der Waals surface area contributed by atoms with E-state index in [-0.39, 0.29) is 0 Å². The first-order valence-corrected chi connectivity index (χ1v) is 8.04. The standard InChI is InChI=1S/C12H27NS2/c1-3-13(4-2)9-12-15-11-8-6-5-7-10-14/h14H,3-12H2,1-2H3. The number of thioether (sulfide) groups is 1. The van der Waals surface area contributed by atoms with Crippen molar-refractivity contribution in [1.82, 2.24) is 4.90 Å². The minimum absolute atomic E-state index is 1.05. The van der Waals surface area contributed by atoms with Crippen LogP contribution in [0, 0.1) is 0 Å². The van der Waals surface area contributed by atoms with E-state index in [1.54, 1.807) is 0 Å². The maximum atomic E-state index is 4.21. The van der Waals surface area contributed by atoms with E-state index >= 15 is 0 Å². The summed E-state index contributed by atoms with van der Waals surface area (Å²) in [6, 6.07) is 0. The van der Waals surface area contributed by atoms with Gasteiger partial charge in [-0.1, -0.05) is 26.7 Å². The van der Waals surface area contributed by atoms with Crippen LogP contribution in [-0.4, -0.2) is 41.8 Å². The van der Waals surface area contributed by atoms with E-state index in [2.05, 4.69) is 43.1 Å². The van der Waals surface area contributed by atoms with Crippen LogP contribution in [0.3, 0.4) is 0 Å². The second kappa shape index (κ2) is 12.7. The van der Waals surface area contributed by atoms with Crippen molar-refractivity contribution >= 4 is 24.4 Å². The second-order valence-corrected chi connectivity index (χ2v) is 5.45. The van der Waals surface area contributed by atoms with Crippen LogP contribution in [-0.2, 0) is 0 Å². The highest BCUT2D eigenvalue weighted by atomic mass is 32.2. The van der Waals surface area contributed by atoms with Gasteiger partial charge in [0.2, 0.25) is 0 Å². The first kappa shape index (κ1) is 15.7. The van der Waals surface area contributed by atoms with E-state index in [0.29, 0.717) is 0 Å². The summed E-state index contributed by atoms with van der Waals surface area (Å²) < 4.78 is 0. The molecule has 0 aliphatic rings. The van der Waals surface area contributed by atoms with E-state index in [0.717, 1.165) is 5.75 Å². The zero-order valence-electron chi connectivity index (χ0n) is 10.4. The minimum Gasteiger partial charge on any atom is -0.303 e. The Morgan fingerprint density at radius 2 is 1.60 bits per heavy atom. The van der Waals surface area contributed by atoms with Crippen molar-refractivity contribution in [1.29, 1.82) is 0 Å². The molecule has 0 fully saturated rings. The van der Waals surface area contributed by atoms with Crippen molar-refractivity contribution in [2.24, 2.45) is 0 Å². The lowest BCUT2D eigenvalue weighted by molar-refractivity contribution is 0.324. The molecule has 0 aromatic heterocycles. The molecule has 0 saturated carbocycles. The molecule has 0 aliphatic carbocycles. The van der Waals surface area contributed by atoms with Gasteiger partial charge in [-0.15, -0.1) is 0 Å². The van der Waals surface area contributed by atoms with Gasteiger partial charge in [-0.3, -0.25) is 0 Å². The SMILES string of the molecule is CCN(CC)CCSCCCCCCS. The number of hydrogen-bond acceptors (Lipinski definition) is 3. The van der Waals surface area contributed by atoms with Crippen LogP contribution in [0.2, 0.25) is 0 Å². The van der Waals surface area contributed by atoms with Crippen molar-refractivity contribution in [2.45, 2.75) is 39.5 Å². The number of nitrogens with zero attached hydrogens (tertiary/aromatic N) is 1. The molecule has 0 aromatic carbocycles. The van der Waals surface area contributed by atoms with E-state index in [1.807, 2.05) is 0 Å². The third-order valence-electron chi connectivity index (χ3n) is 2.64. The first-order valence-electron chi connectivity index (χ1n) is 6.26. The molecule has 0 aromatic rings. The molecule has 0 N–H and O–H groups in total. The summed E-state index contributed by atoms with van der Waals surface area (Å²) in [7, 11) is 0. The zero-order chi connectivity index (χ0) is 11.4. The normalized spacial score (nSPS) is 11.2. The van der Waals surface area contributed by atoms with Crippen LogP contribution >= 0.6 is 24.4 Å². The largest absolute Gasteiger partial charge is 0.303 e. The van der Waals surface area contributed by atoms with Crippen LogP contribution < -0.4 is 0 Å². The molecule has 1 nitrogen and oxygen atoms in total. The third kappa shape index (κ3) is 10.9. The fraction of sp³-hybridized carbons (Fsp3) is 1.00. The molecular formula is C12H27NS2. The molecule has 3 heteroatoms. The number of rotatable bonds is 11. The fourth-order valence-electron chi connectivity index (χ4n) is 1.51. The minimum atomic E-state index is 1.05. The molecule has 0 radical (unpaired) electrons. The molecule has 0 spiro atoms. The van der Waals surface area contributed by atoms with E-state index in [9.17, 15) is 0 Å². The Morgan fingerprint density at radius 3 is 2.20 bits per heavy atom. The second-order valence-electron chi connectivity index (χ2n) is 3.78. The first-order chi connectivity index (χ1) is 7.35. The summed E-state index contributed by atoms with van der Waals surface area (Å²) in [5.74, 6) is 3.69. The summed E-state index contributed by atoms with van der Waals surface area (Å²) in [5, 5.41) is 0. The highest BCUT2D eigenvalue weighted by Crippen LogP contribution is 2.08. The Bertz CT molecular complexity index is 116. The average Bonchev–Trinajstić information content (AvgIpc) is 2.27. The molecule has 0 atom stereocenters. The third-order valence-corrected chi connectivity index (χ3v) is 4.01. The van der Waals surface area contributed by atoms with Crippen LogP contribution in [0.25, 0.3) is 0 Å². The van der Waals surface area contributed by atoms with Crippen molar-refractivity contribution in [3.63, 3.8) is 0 Å². The summed E-state index contributed by atoms with van der Waals surface area (Å²) in [4.78, 5) is 2.49. The van der Waals surface area contributed by atoms with Gasteiger partial charge in [0.1, 0.15) is 0 Å². The summed E-state index contributed by atoms with van der Waals surface area (Å²) in [5.41, 5.74) is 0. The molecule has 0 bridgehead atoms. The summed E-state index contributed by atoms with van der Waals surface area (Å²) in [6.07, 6.45) is 5.42. The van der Waals surface area contributed by atoms with Gasteiger partial charge in [0.15, 0.2) is 0 Å². The maximum absolute atomic E-state index is 4.21. The van der Waals surface area contributed by atoms with Crippen molar-refractivity contribution < 1.29 is 0 Å². The van der Waals surface area contributed by atoms with Gasteiger partial charge in [-0.05, 0) is 37.4 Å². The maximum Gasteiger partial charge on any atom is 0.00721 e. The fourth-order valence-corrected chi connectivity index (χ4v) is 2.73. The Kier molecular flexibility index (Phi) is 13.3. The van der Waals surface area contributed by atoms with Gasteiger partial charge >= 0.3 is 0 Å². The van der Waals surface area contributed by atoms with Gasteiger partial charge in [0, 0.05) is 12.3 Å². The number of unbranched alkanes of at least 4 members (excludes halogenated alkanes) is 3. The topological polar surface area (TPSA) is 3.24 Å². The lowest BCUT2D eigenvalue weighted by atomic mass is 10.2. The monoisotopic (exact) mass is 249 g/mol. The van der Waals surface area contributed by atoms with Gasteiger partial charge in [-0.25, -0.2) is 0 Å². The molecule has 15 heavy (non-hydrogen) atoms. The zero-order valence-corrected chi connectivity index (χ0v) is 12.1. The quantitative estimate of drug-likeness (QED) is 0.441. The molecule has 0 amide bonds. The highest BCUT2D eigenvalue weighted by Gasteiger charge is 1.97. The summed E-state index contributed by atoms with van der Waals surface area (Å²) in [6.45, 7) is 8.13. The predicted molar refractivity (Wildman–Crippen MR) is 77.4 cm³/mol. The number of hydrogen-bond donors (Lipinski definition) is 1. The predicted octanol–water partition coefficient (Wildman–Crippen LogP) is 3.55. The van der Waals surface area contributed by atoms with E-state index < -0.39 is 0 Å². The van der Waals surface area contributed by atoms with Gasteiger partial charge < -0.3 is 4.90 Å².